The Bertz CT molecular complexity index is 670. The lowest BCUT2D eigenvalue weighted by molar-refractivity contribution is -0.119. The number of hydrogen-bond acceptors (Lipinski definition) is 2. The average molecular weight is 308 g/mol. The molecule has 3 rings (SSSR count). The highest BCUT2D eigenvalue weighted by Gasteiger charge is 2.44. The lowest BCUT2D eigenvalue weighted by Gasteiger charge is -2.17. The number of aryl methyl sites for hydroxylation is 2. The number of rotatable bonds is 6. The zero-order chi connectivity index (χ0) is 16.3. The maximum absolute atomic E-state index is 12.1. The summed E-state index contributed by atoms with van der Waals surface area (Å²) < 4.78 is 0. The molecular formula is C20H24N2O. The highest BCUT2D eigenvalue weighted by molar-refractivity contribution is 5.81. The summed E-state index contributed by atoms with van der Waals surface area (Å²) in [5.41, 5.74) is 4.91. The van der Waals surface area contributed by atoms with Crippen molar-refractivity contribution in [3.63, 3.8) is 0 Å². The molecule has 0 spiro atoms. The summed E-state index contributed by atoms with van der Waals surface area (Å²) in [5, 5.41) is 6.29. The first-order chi connectivity index (χ1) is 11.1. The molecule has 2 aromatic carbocycles. The van der Waals surface area contributed by atoms with E-state index in [-0.39, 0.29) is 11.3 Å². The summed E-state index contributed by atoms with van der Waals surface area (Å²) in [6.07, 6.45) is 2.31. The molecule has 1 fully saturated rings. The van der Waals surface area contributed by atoms with E-state index in [4.69, 9.17) is 0 Å². The SMILES string of the molecule is Cc1cc(C)cc(NCC(=O)NCC2(c3ccccc3)CC2)c1. The second-order valence-electron chi connectivity index (χ2n) is 6.65. The van der Waals surface area contributed by atoms with Crippen LogP contribution in [0, 0.1) is 13.8 Å². The minimum absolute atomic E-state index is 0.0476. The van der Waals surface area contributed by atoms with Crippen LogP contribution in [-0.4, -0.2) is 19.0 Å². The van der Waals surface area contributed by atoms with E-state index in [2.05, 4.69) is 66.9 Å². The van der Waals surface area contributed by atoms with Crippen LogP contribution in [-0.2, 0) is 10.2 Å². The number of benzene rings is 2. The van der Waals surface area contributed by atoms with Gasteiger partial charge in [-0.3, -0.25) is 4.79 Å². The molecular weight excluding hydrogens is 284 g/mol. The summed E-state index contributed by atoms with van der Waals surface area (Å²) in [7, 11) is 0. The van der Waals surface area contributed by atoms with Crippen LogP contribution in [0.3, 0.4) is 0 Å². The summed E-state index contributed by atoms with van der Waals surface area (Å²) in [5.74, 6) is 0.0476. The fourth-order valence-electron chi connectivity index (χ4n) is 3.10. The van der Waals surface area contributed by atoms with Crippen molar-refractivity contribution in [3.05, 3.63) is 65.2 Å². The van der Waals surface area contributed by atoms with Gasteiger partial charge in [-0.15, -0.1) is 0 Å². The summed E-state index contributed by atoms with van der Waals surface area (Å²) >= 11 is 0. The van der Waals surface area contributed by atoms with Crippen LogP contribution < -0.4 is 10.6 Å². The number of amides is 1. The number of nitrogens with one attached hydrogen (secondary N) is 2. The number of hydrogen-bond donors (Lipinski definition) is 2. The lowest BCUT2D eigenvalue weighted by atomic mass is 9.96. The van der Waals surface area contributed by atoms with Crippen LogP contribution in [0.5, 0.6) is 0 Å². The third-order valence-corrected chi connectivity index (χ3v) is 4.54. The van der Waals surface area contributed by atoms with E-state index in [0.29, 0.717) is 6.54 Å². The Morgan fingerprint density at radius 3 is 2.30 bits per heavy atom. The lowest BCUT2D eigenvalue weighted by Crippen LogP contribution is -2.35. The van der Waals surface area contributed by atoms with Gasteiger partial charge in [0.1, 0.15) is 0 Å². The standard InChI is InChI=1S/C20H24N2O/c1-15-10-16(2)12-18(11-15)21-13-19(23)22-14-20(8-9-20)17-6-4-3-5-7-17/h3-7,10-12,21H,8-9,13-14H2,1-2H3,(H,22,23). The van der Waals surface area contributed by atoms with Crippen molar-refractivity contribution < 1.29 is 4.79 Å². The maximum atomic E-state index is 12.1. The van der Waals surface area contributed by atoms with Gasteiger partial charge in [-0.25, -0.2) is 0 Å². The van der Waals surface area contributed by atoms with Gasteiger partial charge in [-0.05, 0) is 55.5 Å². The molecule has 3 heteroatoms. The normalized spacial score (nSPS) is 15.0. The first-order valence-corrected chi connectivity index (χ1v) is 8.22. The molecule has 0 atom stereocenters. The summed E-state index contributed by atoms with van der Waals surface area (Å²) in [4.78, 5) is 12.1. The molecule has 2 aromatic rings. The van der Waals surface area contributed by atoms with Gasteiger partial charge < -0.3 is 10.6 Å². The van der Waals surface area contributed by atoms with E-state index in [1.165, 1.54) is 16.7 Å². The Balaban J connectivity index is 1.50. The molecule has 0 radical (unpaired) electrons. The van der Waals surface area contributed by atoms with Gasteiger partial charge in [-0.1, -0.05) is 36.4 Å². The third-order valence-electron chi connectivity index (χ3n) is 4.54. The Kier molecular flexibility index (Phi) is 4.37. The molecule has 0 bridgehead atoms. The van der Waals surface area contributed by atoms with Crippen molar-refractivity contribution in [2.24, 2.45) is 0 Å². The van der Waals surface area contributed by atoms with Crippen molar-refractivity contribution in [2.45, 2.75) is 32.1 Å². The second-order valence-corrected chi connectivity index (χ2v) is 6.65. The first-order valence-electron chi connectivity index (χ1n) is 8.22. The fraction of sp³-hybridized carbons (Fsp3) is 0.350. The quantitative estimate of drug-likeness (QED) is 0.856. The molecule has 0 unspecified atom stereocenters. The first kappa shape index (κ1) is 15.6. The van der Waals surface area contributed by atoms with Gasteiger partial charge in [0.25, 0.3) is 0 Å². The molecule has 3 nitrogen and oxygen atoms in total. The van der Waals surface area contributed by atoms with Crippen molar-refractivity contribution >= 4 is 11.6 Å². The molecule has 1 amide bonds. The van der Waals surface area contributed by atoms with Gasteiger partial charge in [0.2, 0.25) is 5.91 Å². The fourth-order valence-corrected chi connectivity index (χ4v) is 3.10. The van der Waals surface area contributed by atoms with E-state index in [9.17, 15) is 4.79 Å². The van der Waals surface area contributed by atoms with Crippen LogP contribution in [0.4, 0.5) is 5.69 Å². The summed E-state index contributed by atoms with van der Waals surface area (Å²) in [6.45, 7) is 5.17. The smallest absolute Gasteiger partial charge is 0.239 e. The number of anilines is 1. The van der Waals surface area contributed by atoms with Crippen LogP contribution in [0.15, 0.2) is 48.5 Å². The third kappa shape index (κ3) is 3.92. The van der Waals surface area contributed by atoms with Crippen LogP contribution in [0.1, 0.15) is 29.5 Å². The highest BCUT2D eigenvalue weighted by Crippen LogP contribution is 2.47. The average Bonchev–Trinajstić information content (AvgIpc) is 3.32. The van der Waals surface area contributed by atoms with E-state index in [1.807, 2.05) is 6.07 Å². The maximum Gasteiger partial charge on any atom is 0.239 e. The van der Waals surface area contributed by atoms with Crippen molar-refractivity contribution in [1.29, 1.82) is 0 Å². The van der Waals surface area contributed by atoms with Gasteiger partial charge >= 0.3 is 0 Å². The molecule has 0 aromatic heterocycles. The largest absolute Gasteiger partial charge is 0.376 e. The van der Waals surface area contributed by atoms with Crippen molar-refractivity contribution in [1.82, 2.24) is 5.32 Å². The molecule has 1 aliphatic carbocycles. The molecule has 1 saturated carbocycles. The monoisotopic (exact) mass is 308 g/mol. The van der Waals surface area contributed by atoms with E-state index in [1.54, 1.807) is 0 Å². The second kappa shape index (κ2) is 6.45. The zero-order valence-electron chi connectivity index (χ0n) is 13.9. The van der Waals surface area contributed by atoms with E-state index >= 15 is 0 Å². The molecule has 23 heavy (non-hydrogen) atoms. The Morgan fingerprint density at radius 1 is 1.04 bits per heavy atom. The molecule has 2 N–H and O–H groups in total. The molecule has 0 aliphatic heterocycles. The predicted octanol–water partition coefficient (Wildman–Crippen LogP) is 3.56. The van der Waals surface area contributed by atoms with E-state index in [0.717, 1.165) is 25.1 Å². The van der Waals surface area contributed by atoms with Crippen LogP contribution in [0.2, 0.25) is 0 Å². The van der Waals surface area contributed by atoms with Gasteiger partial charge in [0.15, 0.2) is 0 Å². The predicted molar refractivity (Wildman–Crippen MR) is 94.8 cm³/mol. The Morgan fingerprint density at radius 2 is 1.70 bits per heavy atom. The minimum Gasteiger partial charge on any atom is -0.376 e. The summed E-state index contributed by atoms with van der Waals surface area (Å²) in [6, 6.07) is 16.7. The van der Waals surface area contributed by atoms with Crippen LogP contribution in [0.25, 0.3) is 0 Å². The van der Waals surface area contributed by atoms with Crippen molar-refractivity contribution in [2.75, 3.05) is 18.4 Å². The number of carbonyl (C=O) groups is 1. The molecule has 0 heterocycles. The van der Waals surface area contributed by atoms with Gasteiger partial charge in [-0.2, -0.15) is 0 Å². The van der Waals surface area contributed by atoms with Crippen LogP contribution >= 0.6 is 0 Å². The highest BCUT2D eigenvalue weighted by atomic mass is 16.1. The molecule has 120 valence electrons. The Hall–Kier alpha value is -2.29. The van der Waals surface area contributed by atoms with E-state index < -0.39 is 0 Å². The van der Waals surface area contributed by atoms with Crippen molar-refractivity contribution in [3.8, 4) is 0 Å². The Labute approximate surface area is 138 Å². The zero-order valence-corrected chi connectivity index (χ0v) is 13.9. The van der Waals surface area contributed by atoms with Gasteiger partial charge in [0, 0.05) is 17.6 Å². The molecule has 0 saturated heterocycles. The van der Waals surface area contributed by atoms with Gasteiger partial charge in [0.05, 0.1) is 6.54 Å². The molecule has 1 aliphatic rings. The minimum atomic E-state index is 0.0476. The topological polar surface area (TPSA) is 41.1 Å². The number of carbonyl (C=O) groups excluding carboxylic acids is 1.